The summed E-state index contributed by atoms with van der Waals surface area (Å²) in [6, 6.07) is 17.3. The summed E-state index contributed by atoms with van der Waals surface area (Å²) in [6.45, 7) is 0. The summed E-state index contributed by atoms with van der Waals surface area (Å²) < 4.78 is 6.78. The molecule has 0 spiro atoms. The van der Waals surface area contributed by atoms with Gasteiger partial charge in [-0.3, -0.25) is 4.57 Å². The molecular formula is C17H12N2O2. The molecule has 0 atom stereocenters. The van der Waals surface area contributed by atoms with E-state index in [9.17, 15) is 4.79 Å². The highest BCUT2D eigenvalue weighted by Crippen LogP contribution is 2.37. The molecule has 0 saturated carbocycles. The number of para-hydroxylation sites is 1. The molecule has 0 saturated heterocycles. The third-order valence-electron chi connectivity index (χ3n) is 3.73. The Morgan fingerprint density at radius 1 is 1.05 bits per heavy atom. The number of ether oxygens (including phenoxy) is 1. The lowest BCUT2D eigenvalue weighted by molar-refractivity contribution is 0.415. The van der Waals surface area contributed by atoms with Crippen molar-refractivity contribution in [3.05, 3.63) is 65.1 Å². The number of aromatic nitrogens is 2. The highest BCUT2D eigenvalue weighted by Gasteiger charge is 2.24. The molecule has 1 aromatic heterocycles. The maximum absolute atomic E-state index is 12.2. The smallest absolute Gasteiger partial charge is 0.353 e. The standard InChI is InChI=1S/C17H12N2O2/c1-21-12-8-6-11(7-9-12)14-10-16-13-4-2-3-5-15(13)19(16)17(20)18-14/h2-10H,1H3. The van der Waals surface area contributed by atoms with Gasteiger partial charge in [-0.25, -0.2) is 4.79 Å². The molecule has 4 nitrogen and oxygen atoms in total. The van der Waals surface area contributed by atoms with E-state index in [1.54, 1.807) is 11.7 Å². The van der Waals surface area contributed by atoms with E-state index in [0.717, 1.165) is 28.3 Å². The van der Waals surface area contributed by atoms with Crippen LogP contribution in [0, 0.1) is 0 Å². The average Bonchev–Trinajstić information content (AvgIpc) is 2.52. The van der Waals surface area contributed by atoms with Gasteiger partial charge < -0.3 is 4.74 Å². The van der Waals surface area contributed by atoms with E-state index in [1.807, 2.05) is 54.6 Å². The second kappa shape index (κ2) is 4.31. The van der Waals surface area contributed by atoms with Gasteiger partial charge in [0, 0.05) is 11.1 Å². The number of hydrogen-bond acceptors (Lipinski definition) is 3. The van der Waals surface area contributed by atoms with Crippen LogP contribution in [0.3, 0.4) is 0 Å². The van der Waals surface area contributed by atoms with E-state index < -0.39 is 0 Å². The SMILES string of the molecule is COc1ccc(-c2cc3n(c(=O)n2)-c2ccccc2-3)cc1. The van der Waals surface area contributed by atoms with E-state index >= 15 is 0 Å². The largest absolute Gasteiger partial charge is 0.497 e. The minimum absolute atomic E-state index is 0.239. The van der Waals surface area contributed by atoms with Crippen LogP contribution in [-0.4, -0.2) is 16.7 Å². The van der Waals surface area contributed by atoms with E-state index in [0.29, 0.717) is 5.69 Å². The molecule has 0 fully saturated rings. The number of benzene rings is 2. The molecular weight excluding hydrogens is 264 g/mol. The van der Waals surface area contributed by atoms with Crippen LogP contribution in [-0.2, 0) is 0 Å². The van der Waals surface area contributed by atoms with Crippen molar-refractivity contribution >= 4 is 0 Å². The Hall–Kier alpha value is -2.88. The second-order valence-corrected chi connectivity index (χ2v) is 4.89. The summed E-state index contributed by atoms with van der Waals surface area (Å²) in [5, 5.41) is 0. The summed E-state index contributed by atoms with van der Waals surface area (Å²) in [5.74, 6) is 0.782. The molecule has 0 radical (unpaired) electrons. The van der Waals surface area contributed by atoms with Crippen LogP contribution in [0.25, 0.3) is 28.2 Å². The highest BCUT2D eigenvalue weighted by molar-refractivity contribution is 5.82. The highest BCUT2D eigenvalue weighted by atomic mass is 16.5. The number of hydrogen-bond donors (Lipinski definition) is 0. The first-order valence-electron chi connectivity index (χ1n) is 6.66. The van der Waals surface area contributed by atoms with Crippen LogP contribution in [0.1, 0.15) is 0 Å². The number of nitrogens with zero attached hydrogens (tertiary/aromatic N) is 2. The molecule has 3 aromatic rings. The molecule has 0 amide bonds. The van der Waals surface area contributed by atoms with E-state index in [4.69, 9.17) is 4.74 Å². The molecule has 0 bridgehead atoms. The normalized spacial score (nSPS) is 11.3. The first-order valence-corrected chi connectivity index (χ1v) is 6.66. The molecule has 21 heavy (non-hydrogen) atoms. The van der Waals surface area contributed by atoms with Crippen LogP contribution >= 0.6 is 0 Å². The molecule has 1 aliphatic rings. The van der Waals surface area contributed by atoms with Gasteiger partial charge in [0.1, 0.15) is 5.75 Å². The van der Waals surface area contributed by atoms with Gasteiger partial charge in [-0.2, -0.15) is 4.98 Å². The summed E-state index contributed by atoms with van der Waals surface area (Å²) in [5.41, 5.74) is 4.27. The van der Waals surface area contributed by atoms with Gasteiger partial charge in [0.05, 0.1) is 24.2 Å². The van der Waals surface area contributed by atoms with Crippen LogP contribution < -0.4 is 10.4 Å². The first-order chi connectivity index (χ1) is 10.3. The van der Waals surface area contributed by atoms with Gasteiger partial charge in [0.15, 0.2) is 0 Å². The maximum Gasteiger partial charge on any atom is 0.353 e. The fourth-order valence-electron chi connectivity index (χ4n) is 2.66. The van der Waals surface area contributed by atoms with E-state index in [2.05, 4.69) is 4.98 Å². The van der Waals surface area contributed by atoms with Crippen molar-refractivity contribution in [2.45, 2.75) is 0 Å². The molecule has 4 heteroatoms. The molecule has 2 heterocycles. The average molecular weight is 276 g/mol. The fraction of sp³-hybridized carbons (Fsp3) is 0.0588. The van der Waals surface area contributed by atoms with Crippen LogP contribution in [0.4, 0.5) is 0 Å². The van der Waals surface area contributed by atoms with E-state index in [-0.39, 0.29) is 5.69 Å². The Morgan fingerprint density at radius 2 is 1.81 bits per heavy atom. The fourth-order valence-corrected chi connectivity index (χ4v) is 2.66. The van der Waals surface area contributed by atoms with Crippen molar-refractivity contribution in [1.29, 1.82) is 0 Å². The van der Waals surface area contributed by atoms with Crippen molar-refractivity contribution in [1.82, 2.24) is 9.55 Å². The lowest BCUT2D eigenvalue weighted by Gasteiger charge is -2.25. The first kappa shape index (κ1) is 11.9. The third kappa shape index (κ3) is 1.69. The van der Waals surface area contributed by atoms with Gasteiger partial charge in [0.2, 0.25) is 0 Å². The Morgan fingerprint density at radius 3 is 2.57 bits per heavy atom. The van der Waals surface area contributed by atoms with Gasteiger partial charge >= 0.3 is 5.69 Å². The Balaban J connectivity index is 1.84. The van der Waals surface area contributed by atoms with Crippen molar-refractivity contribution in [3.63, 3.8) is 0 Å². The van der Waals surface area contributed by atoms with Crippen molar-refractivity contribution < 1.29 is 4.74 Å². The molecule has 1 aliphatic heterocycles. The Bertz CT molecular complexity index is 895. The topological polar surface area (TPSA) is 44.1 Å². The van der Waals surface area contributed by atoms with Gasteiger partial charge in [0.25, 0.3) is 0 Å². The zero-order valence-corrected chi connectivity index (χ0v) is 11.4. The molecule has 102 valence electrons. The van der Waals surface area contributed by atoms with Crippen LogP contribution in [0.2, 0.25) is 0 Å². The predicted octanol–water partition coefficient (Wildman–Crippen LogP) is 2.89. The quantitative estimate of drug-likeness (QED) is 0.565. The zero-order chi connectivity index (χ0) is 14.4. The summed E-state index contributed by atoms with van der Waals surface area (Å²) in [4.78, 5) is 16.4. The maximum atomic E-state index is 12.2. The molecule has 4 rings (SSSR count). The minimum Gasteiger partial charge on any atom is -0.497 e. The van der Waals surface area contributed by atoms with Gasteiger partial charge in [-0.15, -0.1) is 0 Å². The van der Waals surface area contributed by atoms with Gasteiger partial charge in [-0.05, 0) is 36.4 Å². The lowest BCUT2D eigenvalue weighted by Crippen LogP contribution is -2.29. The summed E-state index contributed by atoms with van der Waals surface area (Å²) in [6.07, 6.45) is 0. The summed E-state index contributed by atoms with van der Waals surface area (Å²) in [7, 11) is 1.63. The van der Waals surface area contributed by atoms with E-state index in [1.165, 1.54) is 0 Å². The zero-order valence-electron chi connectivity index (χ0n) is 11.4. The minimum atomic E-state index is -0.239. The van der Waals surface area contributed by atoms with Crippen LogP contribution in [0.5, 0.6) is 5.75 Å². The van der Waals surface area contributed by atoms with Crippen molar-refractivity contribution in [2.75, 3.05) is 7.11 Å². The van der Waals surface area contributed by atoms with Gasteiger partial charge in [-0.1, -0.05) is 18.2 Å². The molecule has 2 aromatic carbocycles. The monoisotopic (exact) mass is 276 g/mol. The number of rotatable bonds is 2. The van der Waals surface area contributed by atoms with Crippen molar-refractivity contribution in [2.24, 2.45) is 0 Å². The molecule has 0 unspecified atom stereocenters. The van der Waals surface area contributed by atoms with Crippen LogP contribution in [0.15, 0.2) is 59.4 Å². The third-order valence-corrected chi connectivity index (χ3v) is 3.73. The Kier molecular flexibility index (Phi) is 2.44. The van der Waals surface area contributed by atoms with Crippen molar-refractivity contribution in [3.8, 4) is 34.0 Å². The second-order valence-electron chi connectivity index (χ2n) is 4.89. The number of methoxy groups -OCH3 is 1. The molecule has 0 aliphatic carbocycles. The molecule has 0 N–H and O–H groups in total. The Labute approximate surface area is 121 Å². The number of fused-ring (bicyclic) bond motifs is 4. The lowest BCUT2D eigenvalue weighted by atomic mass is 9.99. The predicted molar refractivity (Wildman–Crippen MR) is 80.8 cm³/mol. The summed E-state index contributed by atoms with van der Waals surface area (Å²) >= 11 is 0.